The molecule has 2 nitrogen and oxygen atoms in total. The number of unbranched alkanes of at least 4 members (excludes halogenated alkanes) is 2. The van der Waals surface area contributed by atoms with Crippen molar-refractivity contribution in [3.8, 4) is 0 Å². The topological polar surface area (TPSA) is 23.5 Å². The molecular formula is C12H18ClNO. The highest BCUT2D eigenvalue weighted by Gasteiger charge is 2.01. The van der Waals surface area contributed by atoms with Crippen LogP contribution in [0.4, 0.5) is 0 Å². The molecule has 0 atom stereocenters. The molecular weight excluding hydrogens is 210 g/mol. The number of hydrogen-bond donors (Lipinski definition) is 1. The molecule has 84 valence electrons. The second kappa shape index (κ2) is 7.69. The van der Waals surface area contributed by atoms with E-state index in [2.05, 4.69) is 12.1 Å². The lowest BCUT2D eigenvalue weighted by Gasteiger charge is -2.13. The van der Waals surface area contributed by atoms with Gasteiger partial charge in [0, 0.05) is 19.7 Å². The van der Waals surface area contributed by atoms with Crippen molar-refractivity contribution in [1.82, 2.24) is 4.42 Å². The second-order valence-electron chi connectivity index (χ2n) is 3.61. The molecule has 0 heterocycles. The SMILES string of the molecule is OCCCCCN(Cl)Cc1ccccc1. The van der Waals surface area contributed by atoms with Crippen molar-refractivity contribution in [2.24, 2.45) is 0 Å². The van der Waals surface area contributed by atoms with Gasteiger partial charge in [-0.15, -0.1) is 0 Å². The largest absolute Gasteiger partial charge is 0.396 e. The summed E-state index contributed by atoms with van der Waals surface area (Å²) in [5.74, 6) is 0. The molecule has 0 unspecified atom stereocenters. The Hall–Kier alpha value is -0.570. The molecule has 0 aliphatic rings. The summed E-state index contributed by atoms with van der Waals surface area (Å²) in [5.41, 5.74) is 1.23. The minimum absolute atomic E-state index is 0.279. The third-order valence-corrected chi connectivity index (χ3v) is 2.54. The predicted octanol–water partition coefficient (Wildman–Crippen LogP) is 2.81. The maximum atomic E-state index is 8.62. The van der Waals surface area contributed by atoms with Gasteiger partial charge in [-0.25, -0.2) is 4.42 Å². The van der Waals surface area contributed by atoms with Crippen molar-refractivity contribution in [1.29, 1.82) is 0 Å². The van der Waals surface area contributed by atoms with Crippen LogP contribution in [0.25, 0.3) is 0 Å². The van der Waals surface area contributed by atoms with Crippen LogP contribution in [-0.2, 0) is 6.54 Å². The normalized spacial score (nSPS) is 10.9. The fraction of sp³-hybridized carbons (Fsp3) is 0.500. The fourth-order valence-corrected chi connectivity index (χ4v) is 1.69. The van der Waals surface area contributed by atoms with Gasteiger partial charge < -0.3 is 5.11 Å². The van der Waals surface area contributed by atoms with Crippen molar-refractivity contribution >= 4 is 11.8 Å². The zero-order valence-corrected chi connectivity index (χ0v) is 9.66. The van der Waals surface area contributed by atoms with Gasteiger partial charge in [-0.2, -0.15) is 0 Å². The van der Waals surface area contributed by atoms with Crippen LogP contribution in [0.5, 0.6) is 0 Å². The Kier molecular flexibility index (Phi) is 6.41. The van der Waals surface area contributed by atoms with Crippen molar-refractivity contribution in [2.45, 2.75) is 25.8 Å². The molecule has 3 heteroatoms. The Morgan fingerprint density at radius 1 is 1.07 bits per heavy atom. The molecule has 0 aromatic heterocycles. The van der Waals surface area contributed by atoms with Gasteiger partial charge in [-0.3, -0.25) is 0 Å². The first-order chi connectivity index (χ1) is 7.33. The molecule has 0 saturated heterocycles. The average Bonchev–Trinajstić information content (AvgIpc) is 2.26. The number of hydrogen-bond acceptors (Lipinski definition) is 2. The lowest BCUT2D eigenvalue weighted by Crippen LogP contribution is -2.13. The van der Waals surface area contributed by atoms with E-state index < -0.39 is 0 Å². The summed E-state index contributed by atoms with van der Waals surface area (Å²) >= 11 is 6.07. The first kappa shape index (κ1) is 12.5. The molecule has 1 N–H and O–H groups in total. The Labute approximate surface area is 96.6 Å². The van der Waals surface area contributed by atoms with Gasteiger partial charge in [0.25, 0.3) is 0 Å². The predicted molar refractivity (Wildman–Crippen MR) is 63.6 cm³/mol. The van der Waals surface area contributed by atoms with E-state index in [0.717, 1.165) is 32.4 Å². The van der Waals surface area contributed by atoms with E-state index in [9.17, 15) is 0 Å². The number of benzene rings is 1. The van der Waals surface area contributed by atoms with E-state index in [0.29, 0.717) is 0 Å². The van der Waals surface area contributed by atoms with Crippen LogP contribution in [0.15, 0.2) is 30.3 Å². The maximum Gasteiger partial charge on any atom is 0.0431 e. The van der Waals surface area contributed by atoms with Crippen LogP contribution in [-0.4, -0.2) is 22.7 Å². The van der Waals surface area contributed by atoms with Crippen LogP contribution in [0.3, 0.4) is 0 Å². The number of aliphatic hydroxyl groups excluding tert-OH is 1. The number of halogens is 1. The molecule has 0 fully saturated rings. The first-order valence-corrected chi connectivity index (χ1v) is 5.72. The van der Waals surface area contributed by atoms with Crippen molar-refractivity contribution in [3.05, 3.63) is 35.9 Å². The lowest BCUT2D eigenvalue weighted by atomic mass is 10.2. The van der Waals surface area contributed by atoms with E-state index in [-0.39, 0.29) is 6.61 Å². The summed E-state index contributed by atoms with van der Waals surface area (Å²) in [7, 11) is 0. The molecule has 1 aromatic rings. The minimum atomic E-state index is 0.279. The molecule has 0 radical (unpaired) electrons. The monoisotopic (exact) mass is 227 g/mol. The summed E-state index contributed by atoms with van der Waals surface area (Å²) in [6.45, 7) is 1.93. The summed E-state index contributed by atoms with van der Waals surface area (Å²) in [6, 6.07) is 10.2. The highest BCUT2D eigenvalue weighted by atomic mass is 35.5. The van der Waals surface area contributed by atoms with Crippen LogP contribution >= 0.6 is 11.8 Å². The van der Waals surface area contributed by atoms with E-state index in [4.69, 9.17) is 16.9 Å². The molecule has 0 bridgehead atoms. The lowest BCUT2D eigenvalue weighted by molar-refractivity contribution is 0.280. The highest BCUT2D eigenvalue weighted by Crippen LogP contribution is 2.08. The Morgan fingerprint density at radius 3 is 2.47 bits per heavy atom. The summed E-state index contributed by atoms with van der Waals surface area (Å²) < 4.78 is 1.80. The molecule has 1 aromatic carbocycles. The summed E-state index contributed by atoms with van der Waals surface area (Å²) in [6.07, 6.45) is 2.95. The summed E-state index contributed by atoms with van der Waals surface area (Å²) in [5, 5.41) is 8.62. The average molecular weight is 228 g/mol. The van der Waals surface area contributed by atoms with E-state index >= 15 is 0 Å². The van der Waals surface area contributed by atoms with Crippen molar-refractivity contribution in [2.75, 3.05) is 13.2 Å². The standard InChI is InChI=1S/C12H18ClNO/c13-14(9-5-2-6-10-15)11-12-7-3-1-4-8-12/h1,3-4,7-8,15H,2,5-6,9-11H2. The third kappa shape index (κ3) is 5.78. The zero-order valence-electron chi connectivity index (χ0n) is 8.90. The van der Waals surface area contributed by atoms with Crippen molar-refractivity contribution < 1.29 is 5.11 Å². The van der Waals surface area contributed by atoms with Gasteiger partial charge in [0.1, 0.15) is 0 Å². The summed E-state index contributed by atoms with van der Waals surface area (Å²) in [4.78, 5) is 0. The molecule has 0 aliphatic heterocycles. The number of aliphatic hydroxyl groups is 1. The maximum absolute atomic E-state index is 8.62. The Bertz CT molecular complexity index is 253. The van der Waals surface area contributed by atoms with E-state index in [1.54, 1.807) is 4.42 Å². The Balaban J connectivity index is 2.16. The van der Waals surface area contributed by atoms with Gasteiger partial charge in [-0.05, 0) is 36.6 Å². The zero-order chi connectivity index (χ0) is 10.9. The quantitative estimate of drug-likeness (QED) is 0.572. The molecule has 0 spiro atoms. The fourth-order valence-electron chi connectivity index (χ4n) is 1.43. The molecule has 0 aliphatic carbocycles. The highest BCUT2D eigenvalue weighted by molar-refractivity contribution is 6.13. The van der Waals surface area contributed by atoms with Crippen LogP contribution in [0.2, 0.25) is 0 Å². The number of nitrogens with zero attached hydrogens (tertiary/aromatic N) is 1. The minimum Gasteiger partial charge on any atom is -0.396 e. The molecule has 1 rings (SSSR count). The molecule has 0 amide bonds. The third-order valence-electron chi connectivity index (χ3n) is 2.26. The first-order valence-electron chi connectivity index (χ1n) is 5.38. The van der Waals surface area contributed by atoms with Gasteiger partial charge >= 0.3 is 0 Å². The van der Waals surface area contributed by atoms with Crippen LogP contribution in [0, 0.1) is 0 Å². The molecule has 0 saturated carbocycles. The van der Waals surface area contributed by atoms with Gasteiger partial charge in [0.05, 0.1) is 0 Å². The van der Waals surface area contributed by atoms with Gasteiger partial charge in [0.2, 0.25) is 0 Å². The Morgan fingerprint density at radius 2 is 1.80 bits per heavy atom. The van der Waals surface area contributed by atoms with Gasteiger partial charge in [0.15, 0.2) is 0 Å². The van der Waals surface area contributed by atoms with E-state index in [1.807, 2.05) is 18.2 Å². The second-order valence-corrected chi connectivity index (χ2v) is 4.09. The van der Waals surface area contributed by atoms with Gasteiger partial charge in [-0.1, -0.05) is 30.3 Å². The molecule has 15 heavy (non-hydrogen) atoms. The van der Waals surface area contributed by atoms with Crippen LogP contribution < -0.4 is 0 Å². The van der Waals surface area contributed by atoms with Crippen LogP contribution in [0.1, 0.15) is 24.8 Å². The van der Waals surface area contributed by atoms with Crippen molar-refractivity contribution in [3.63, 3.8) is 0 Å². The smallest absolute Gasteiger partial charge is 0.0431 e. The van der Waals surface area contributed by atoms with E-state index in [1.165, 1.54) is 5.56 Å². The number of rotatable bonds is 7.